The Bertz CT molecular complexity index is 813. The maximum Gasteiger partial charge on any atom is 0.226 e. The molecule has 7 heteroatoms. The summed E-state index contributed by atoms with van der Waals surface area (Å²) in [5, 5.41) is 15.1. The van der Waals surface area contributed by atoms with Gasteiger partial charge in [0.05, 0.1) is 12.2 Å². The third kappa shape index (κ3) is 2.76. The van der Waals surface area contributed by atoms with Crippen LogP contribution in [0.15, 0.2) is 28.7 Å². The van der Waals surface area contributed by atoms with Crippen molar-refractivity contribution in [3.05, 3.63) is 34.6 Å². The lowest BCUT2D eigenvalue weighted by molar-refractivity contribution is -0.146. The first kappa shape index (κ1) is 16.4. The number of hydrogen-bond acceptors (Lipinski definition) is 4. The quantitative estimate of drug-likeness (QED) is 0.831. The van der Waals surface area contributed by atoms with Crippen LogP contribution in [-0.2, 0) is 11.3 Å². The van der Waals surface area contributed by atoms with Crippen molar-refractivity contribution in [3.8, 4) is 5.69 Å². The van der Waals surface area contributed by atoms with Gasteiger partial charge < -0.3 is 5.32 Å². The zero-order valence-electron chi connectivity index (χ0n) is 14.6. The third-order valence-corrected chi connectivity index (χ3v) is 7.01. The first-order chi connectivity index (χ1) is 12.6. The van der Waals surface area contributed by atoms with Crippen molar-refractivity contribution >= 4 is 21.8 Å². The standard InChI is InChI=1S/C19H22BrN5O/c20-15-2-1-3-16(7-15)25-17(22-23-24-25)11-21-18(26)19-8-12-4-13(9-19)6-14(5-12)10-19/h1-3,7,12-14H,4-6,8-11H2,(H,21,26). The molecule has 4 bridgehead atoms. The van der Waals surface area contributed by atoms with E-state index < -0.39 is 0 Å². The Morgan fingerprint density at radius 3 is 2.54 bits per heavy atom. The lowest BCUT2D eigenvalue weighted by atomic mass is 9.49. The van der Waals surface area contributed by atoms with E-state index >= 15 is 0 Å². The molecular formula is C19H22BrN5O. The van der Waals surface area contributed by atoms with E-state index in [9.17, 15) is 4.79 Å². The number of nitrogens with zero attached hydrogens (tertiary/aromatic N) is 4. The van der Waals surface area contributed by atoms with Gasteiger partial charge in [0.2, 0.25) is 5.91 Å². The second kappa shape index (κ2) is 6.15. The van der Waals surface area contributed by atoms with Gasteiger partial charge in [-0.15, -0.1) is 5.10 Å². The molecule has 2 aromatic rings. The highest BCUT2D eigenvalue weighted by Crippen LogP contribution is 2.60. The number of carbonyl (C=O) groups excluding carboxylic acids is 1. The highest BCUT2D eigenvalue weighted by atomic mass is 79.9. The summed E-state index contributed by atoms with van der Waals surface area (Å²) in [5.74, 6) is 3.15. The number of tetrazole rings is 1. The molecule has 1 aromatic heterocycles. The maximum absolute atomic E-state index is 13.1. The van der Waals surface area contributed by atoms with E-state index in [0.717, 1.165) is 47.2 Å². The predicted octanol–water partition coefficient (Wildman–Crippen LogP) is 3.26. The van der Waals surface area contributed by atoms with Crippen molar-refractivity contribution in [1.29, 1.82) is 0 Å². The molecule has 0 saturated heterocycles. The largest absolute Gasteiger partial charge is 0.348 e. The van der Waals surface area contributed by atoms with Gasteiger partial charge in [-0.3, -0.25) is 4.79 Å². The number of nitrogens with one attached hydrogen (secondary N) is 1. The number of benzene rings is 1. The highest BCUT2D eigenvalue weighted by molar-refractivity contribution is 9.10. The van der Waals surface area contributed by atoms with Crippen LogP contribution in [0.1, 0.15) is 44.3 Å². The van der Waals surface area contributed by atoms with E-state index in [1.165, 1.54) is 19.3 Å². The number of carbonyl (C=O) groups is 1. The second-order valence-corrected chi connectivity index (χ2v) is 9.28. The van der Waals surface area contributed by atoms with E-state index in [0.29, 0.717) is 12.4 Å². The van der Waals surface area contributed by atoms with Crippen molar-refractivity contribution in [2.45, 2.75) is 45.1 Å². The first-order valence-corrected chi connectivity index (χ1v) is 10.2. The summed E-state index contributed by atoms with van der Waals surface area (Å²) < 4.78 is 2.65. The van der Waals surface area contributed by atoms with Gasteiger partial charge in [-0.05, 0) is 84.9 Å². The molecule has 6 nitrogen and oxygen atoms in total. The van der Waals surface area contributed by atoms with Gasteiger partial charge in [0, 0.05) is 9.89 Å². The molecule has 1 heterocycles. The summed E-state index contributed by atoms with van der Waals surface area (Å²) >= 11 is 3.47. The number of amides is 1. The lowest BCUT2D eigenvalue weighted by Crippen LogP contribution is -2.53. The van der Waals surface area contributed by atoms with Gasteiger partial charge in [0.25, 0.3) is 0 Å². The van der Waals surface area contributed by atoms with Gasteiger partial charge in [0.15, 0.2) is 5.82 Å². The molecule has 1 N–H and O–H groups in total. The van der Waals surface area contributed by atoms with Crippen LogP contribution in [0.4, 0.5) is 0 Å². The Morgan fingerprint density at radius 1 is 1.19 bits per heavy atom. The minimum absolute atomic E-state index is 0.136. The molecule has 0 atom stereocenters. The van der Waals surface area contributed by atoms with Crippen LogP contribution in [0.3, 0.4) is 0 Å². The average Bonchev–Trinajstić information content (AvgIpc) is 3.07. The fourth-order valence-corrected chi connectivity index (χ4v) is 6.25. The van der Waals surface area contributed by atoms with Crippen molar-refractivity contribution in [1.82, 2.24) is 25.5 Å². The highest BCUT2D eigenvalue weighted by Gasteiger charge is 2.54. The summed E-state index contributed by atoms with van der Waals surface area (Å²) in [6, 6.07) is 7.81. The Hall–Kier alpha value is -1.76. The van der Waals surface area contributed by atoms with E-state index in [2.05, 4.69) is 36.8 Å². The molecule has 0 spiro atoms. The Balaban J connectivity index is 1.32. The van der Waals surface area contributed by atoms with Crippen molar-refractivity contribution < 1.29 is 4.79 Å². The van der Waals surface area contributed by atoms with Crippen LogP contribution in [-0.4, -0.2) is 26.1 Å². The molecular weight excluding hydrogens is 394 g/mol. The minimum Gasteiger partial charge on any atom is -0.348 e. The zero-order chi connectivity index (χ0) is 17.7. The number of halogens is 1. The summed E-state index contributed by atoms with van der Waals surface area (Å²) in [6.45, 7) is 0.361. The number of hydrogen-bond donors (Lipinski definition) is 1. The van der Waals surface area contributed by atoms with Crippen molar-refractivity contribution in [2.24, 2.45) is 23.2 Å². The summed E-state index contributed by atoms with van der Waals surface area (Å²) in [4.78, 5) is 13.1. The van der Waals surface area contributed by atoms with Gasteiger partial charge in [0.1, 0.15) is 0 Å². The van der Waals surface area contributed by atoms with Gasteiger partial charge in [-0.2, -0.15) is 4.68 Å². The van der Waals surface area contributed by atoms with Gasteiger partial charge in [-0.25, -0.2) is 0 Å². The van der Waals surface area contributed by atoms with Crippen LogP contribution in [0.25, 0.3) is 5.69 Å². The average molecular weight is 416 g/mol. The second-order valence-electron chi connectivity index (χ2n) is 8.37. The Labute approximate surface area is 160 Å². The summed E-state index contributed by atoms with van der Waals surface area (Å²) in [5.41, 5.74) is 0.742. The molecule has 1 aromatic carbocycles. The molecule has 4 fully saturated rings. The summed E-state index contributed by atoms with van der Waals surface area (Å²) in [6.07, 6.45) is 7.24. The van der Waals surface area contributed by atoms with Crippen molar-refractivity contribution in [3.63, 3.8) is 0 Å². The molecule has 0 radical (unpaired) electrons. The van der Waals surface area contributed by atoms with Gasteiger partial charge >= 0.3 is 0 Å². The number of aromatic nitrogens is 4. The molecule has 0 aliphatic heterocycles. The normalized spacial score (nSPS) is 32.0. The van der Waals surface area contributed by atoms with Crippen molar-refractivity contribution in [2.75, 3.05) is 0 Å². The lowest BCUT2D eigenvalue weighted by Gasteiger charge is -2.55. The Kier molecular flexibility index (Phi) is 3.88. The van der Waals surface area contributed by atoms with Crippen LogP contribution < -0.4 is 5.32 Å². The number of rotatable bonds is 4. The molecule has 6 rings (SSSR count). The van der Waals surface area contributed by atoms with Crippen LogP contribution in [0.5, 0.6) is 0 Å². The molecule has 4 aliphatic carbocycles. The maximum atomic E-state index is 13.1. The van der Waals surface area contributed by atoms with Crippen LogP contribution in [0.2, 0.25) is 0 Å². The van der Waals surface area contributed by atoms with E-state index in [4.69, 9.17) is 0 Å². The first-order valence-electron chi connectivity index (χ1n) is 9.43. The third-order valence-electron chi connectivity index (χ3n) is 6.51. The smallest absolute Gasteiger partial charge is 0.226 e. The van der Waals surface area contributed by atoms with E-state index in [1.54, 1.807) is 4.68 Å². The van der Waals surface area contributed by atoms with Gasteiger partial charge in [-0.1, -0.05) is 22.0 Å². The van der Waals surface area contributed by atoms with Crippen LogP contribution in [0, 0.1) is 23.2 Å². The molecule has 136 valence electrons. The SMILES string of the molecule is O=C(NCc1nnnn1-c1cccc(Br)c1)C12CC3CC(CC(C3)C1)C2. The summed E-state index contributed by atoms with van der Waals surface area (Å²) in [7, 11) is 0. The van der Waals surface area contributed by atoms with E-state index in [-0.39, 0.29) is 11.3 Å². The predicted molar refractivity (Wildman–Crippen MR) is 99.3 cm³/mol. The molecule has 26 heavy (non-hydrogen) atoms. The molecule has 1 amide bonds. The zero-order valence-corrected chi connectivity index (χ0v) is 16.2. The van der Waals surface area contributed by atoms with Crippen LogP contribution >= 0.6 is 15.9 Å². The Morgan fingerprint density at radius 2 is 1.88 bits per heavy atom. The monoisotopic (exact) mass is 415 g/mol. The fourth-order valence-electron chi connectivity index (χ4n) is 5.86. The topological polar surface area (TPSA) is 72.7 Å². The molecule has 0 unspecified atom stereocenters. The fraction of sp³-hybridized carbons (Fsp3) is 0.579. The van der Waals surface area contributed by atoms with E-state index in [1.807, 2.05) is 24.3 Å². The minimum atomic E-state index is -0.136. The molecule has 4 aliphatic rings. The molecule has 4 saturated carbocycles.